The number of aromatic nitrogens is 1. The van der Waals surface area contributed by atoms with E-state index in [1.54, 1.807) is 4.31 Å². The molecule has 2 fully saturated rings. The molecule has 0 aromatic carbocycles. The Balaban J connectivity index is 1.94. The van der Waals surface area contributed by atoms with Crippen molar-refractivity contribution in [3.8, 4) is 0 Å². The molecular weight excluding hydrogens is 312 g/mol. The van der Waals surface area contributed by atoms with Gasteiger partial charge in [0.1, 0.15) is 4.90 Å². The van der Waals surface area contributed by atoms with Crippen LogP contribution in [0, 0.1) is 5.92 Å². The number of nitrogens with one attached hydrogen (secondary N) is 1. The predicted octanol–water partition coefficient (Wildman–Crippen LogP) is 1.97. The molecular formula is C13H19ClN4O2S. The second-order valence-corrected chi connectivity index (χ2v) is 7.96. The number of nitrogens with two attached hydrogens (primary N) is 1. The van der Waals surface area contributed by atoms with Gasteiger partial charge < -0.3 is 5.43 Å². The van der Waals surface area contributed by atoms with E-state index in [0.717, 1.165) is 32.1 Å². The van der Waals surface area contributed by atoms with Gasteiger partial charge in [-0.3, -0.25) is 0 Å². The Labute approximate surface area is 129 Å². The van der Waals surface area contributed by atoms with Gasteiger partial charge in [-0.2, -0.15) is 4.31 Å². The molecule has 3 rings (SSSR count). The molecule has 1 aliphatic carbocycles. The Kier molecular flexibility index (Phi) is 4.09. The van der Waals surface area contributed by atoms with Gasteiger partial charge in [0.05, 0.1) is 5.02 Å². The molecule has 1 saturated carbocycles. The highest BCUT2D eigenvalue weighted by molar-refractivity contribution is 7.89. The van der Waals surface area contributed by atoms with E-state index in [1.165, 1.54) is 12.3 Å². The van der Waals surface area contributed by atoms with Crippen LogP contribution in [0.4, 0.5) is 5.82 Å². The first-order valence-corrected chi connectivity index (χ1v) is 9.00. The lowest BCUT2D eigenvalue weighted by Gasteiger charge is -2.36. The molecule has 0 radical (unpaired) electrons. The van der Waals surface area contributed by atoms with Crippen molar-refractivity contribution in [1.29, 1.82) is 0 Å². The summed E-state index contributed by atoms with van der Waals surface area (Å²) in [5.74, 6) is 6.04. The molecule has 2 aliphatic rings. The third kappa shape index (κ3) is 2.63. The minimum Gasteiger partial charge on any atom is -0.307 e. The lowest BCUT2D eigenvalue weighted by Crippen LogP contribution is -2.46. The van der Waals surface area contributed by atoms with Crippen LogP contribution in [0.2, 0.25) is 5.02 Å². The third-order valence-electron chi connectivity index (χ3n) is 4.50. The first kappa shape index (κ1) is 15.0. The molecule has 0 bridgehead atoms. The van der Waals surface area contributed by atoms with Gasteiger partial charge in [0.2, 0.25) is 10.0 Å². The number of halogens is 1. The minimum atomic E-state index is -3.55. The Hall–Kier alpha value is -0.890. The zero-order valence-corrected chi connectivity index (χ0v) is 13.2. The van der Waals surface area contributed by atoms with Crippen molar-refractivity contribution in [3.63, 3.8) is 0 Å². The standard InChI is InChI=1S/C13H19ClN4O2S/c14-11-7-10(8-16-13(11)17-15)21(19,20)18-6-2-4-9-3-1-5-12(9)18/h7-9,12H,1-6,15H2,(H,16,17). The van der Waals surface area contributed by atoms with Crippen molar-refractivity contribution < 1.29 is 8.42 Å². The largest absolute Gasteiger partial charge is 0.307 e. The van der Waals surface area contributed by atoms with Gasteiger partial charge in [-0.1, -0.05) is 18.0 Å². The molecule has 0 amide bonds. The second-order valence-electron chi connectivity index (χ2n) is 5.66. The van der Waals surface area contributed by atoms with Gasteiger partial charge in [-0.25, -0.2) is 19.2 Å². The molecule has 1 saturated heterocycles. The zero-order valence-electron chi connectivity index (χ0n) is 11.6. The maximum atomic E-state index is 12.9. The number of fused-ring (bicyclic) bond motifs is 1. The molecule has 2 atom stereocenters. The molecule has 8 heteroatoms. The molecule has 3 N–H and O–H groups in total. The van der Waals surface area contributed by atoms with Gasteiger partial charge in [0, 0.05) is 18.8 Å². The Morgan fingerprint density at radius 2 is 2.10 bits per heavy atom. The van der Waals surface area contributed by atoms with Crippen molar-refractivity contribution in [3.05, 3.63) is 17.3 Å². The maximum Gasteiger partial charge on any atom is 0.244 e. The first-order chi connectivity index (χ1) is 10.0. The smallest absolute Gasteiger partial charge is 0.244 e. The highest BCUT2D eigenvalue weighted by Crippen LogP contribution is 2.39. The Bertz CT molecular complexity index is 637. The average molecular weight is 331 g/mol. The maximum absolute atomic E-state index is 12.9. The Morgan fingerprint density at radius 3 is 2.81 bits per heavy atom. The van der Waals surface area contributed by atoms with Crippen LogP contribution < -0.4 is 11.3 Å². The molecule has 2 heterocycles. The van der Waals surface area contributed by atoms with Crippen molar-refractivity contribution in [1.82, 2.24) is 9.29 Å². The number of hydrogen-bond donors (Lipinski definition) is 2. The summed E-state index contributed by atoms with van der Waals surface area (Å²) in [6.45, 7) is 0.581. The number of nitrogen functional groups attached to an aromatic ring is 1. The van der Waals surface area contributed by atoms with Crippen LogP contribution in [-0.4, -0.2) is 30.3 Å². The summed E-state index contributed by atoms with van der Waals surface area (Å²) in [6, 6.07) is 1.55. The molecule has 0 spiro atoms. The quantitative estimate of drug-likeness (QED) is 0.653. The fraction of sp³-hybridized carbons (Fsp3) is 0.615. The summed E-state index contributed by atoms with van der Waals surface area (Å²) in [7, 11) is -3.55. The zero-order chi connectivity index (χ0) is 15.0. The van der Waals surface area contributed by atoms with Crippen LogP contribution >= 0.6 is 11.6 Å². The number of pyridine rings is 1. The lowest BCUT2D eigenvalue weighted by atomic mass is 9.94. The van der Waals surface area contributed by atoms with E-state index in [0.29, 0.717) is 12.5 Å². The van der Waals surface area contributed by atoms with Crippen molar-refractivity contribution in [2.24, 2.45) is 11.8 Å². The van der Waals surface area contributed by atoms with Crippen LogP contribution in [0.25, 0.3) is 0 Å². The molecule has 1 aromatic heterocycles. The SMILES string of the molecule is NNc1ncc(S(=O)(=O)N2CCCC3CCCC32)cc1Cl. The predicted molar refractivity (Wildman–Crippen MR) is 81.3 cm³/mol. The van der Waals surface area contributed by atoms with E-state index in [9.17, 15) is 8.42 Å². The van der Waals surface area contributed by atoms with Crippen LogP contribution in [0.15, 0.2) is 17.2 Å². The topological polar surface area (TPSA) is 88.3 Å². The van der Waals surface area contributed by atoms with E-state index in [4.69, 9.17) is 17.4 Å². The van der Waals surface area contributed by atoms with E-state index in [1.807, 2.05) is 0 Å². The number of nitrogens with zero attached hydrogens (tertiary/aromatic N) is 2. The lowest BCUT2D eigenvalue weighted by molar-refractivity contribution is 0.202. The van der Waals surface area contributed by atoms with Crippen molar-refractivity contribution >= 4 is 27.4 Å². The normalized spacial score (nSPS) is 26.6. The molecule has 2 unspecified atom stereocenters. The van der Waals surface area contributed by atoms with Crippen molar-refractivity contribution in [2.45, 2.75) is 43.0 Å². The Morgan fingerprint density at radius 1 is 1.33 bits per heavy atom. The average Bonchev–Trinajstić information content (AvgIpc) is 2.95. The van der Waals surface area contributed by atoms with E-state index < -0.39 is 10.0 Å². The first-order valence-electron chi connectivity index (χ1n) is 7.18. The van der Waals surface area contributed by atoms with Crippen LogP contribution in [0.3, 0.4) is 0 Å². The molecule has 1 aliphatic heterocycles. The van der Waals surface area contributed by atoms with Crippen molar-refractivity contribution in [2.75, 3.05) is 12.0 Å². The number of hydrogen-bond acceptors (Lipinski definition) is 5. The summed E-state index contributed by atoms with van der Waals surface area (Å²) < 4.78 is 27.4. The van der Waals surface area contributed by atoms with Crippen LogP contribution in [0.1, 0.15) is 32.1 Å². The van der Waals surface area contributed by atoms with E-state index in [2.05, 4.69) is 10.4 Å². The fourth-order valence-corrected chi connectivity index (χ4v) is 5.52. The summed E-state index contributed by atoms with van der Waals surface area (Å²) in [5.41, 5.74) is 2.34. The number of piperidine rings is 1. The van der Waals surface area contributed by atoms with Gasteiger partial charge in [-0.05, 0) is 37.7 Å². The van der Waals surface area contributed by atoms with E-state index in [-0.39, 0.29) is 21.8 Å². The summed E-state index contributed by atoms with van der Waals surface area (Å²) in [4.78, 5) is 4.11. The highest BCUT2D eigenvalue weighted by Gasteiger charge is 2.41. The molecule has 116 valence electrons. The van der Waals surface area contributed by atoms with Gasteiger partial charge in [0.15, 0.2) is 5.82 Å². The number of hydrazine groups is 1. The van der Waals surface area contributed by atoms with Gasteiger partial charge in [-0.15, -0.1) is 0 Å². The fourth-order valence-electron chi connectivity index (χ4n) is 3.51. The third-order valence-corrected chi connectivity index (χ3v) is 6.68. The number of rotatable bonds is 3. The second kappa shape index (κ2) is 5.72. The van der Waals surface area contributed by atoms with Gasteiger partial charge >= 0.3 is 0 Å². The highest BCUT2D eigenvalue weighted by atomic mass is 35.5. The summed E-state index contributed by atoms with van der Waals surface area (Å²) in [5, 5.41) is 0.207. The van der Waals surface area contributed by atoms with E-state index >= 15 is 0 Å². The van der Waals surface area contributed by atoms with Crippen LogP contribution in [0.5, 0.6) is 0 Å². The molecule has 1 aromatic rings. The molecule has 6 nitrogen and oxygen atoms in total. The molecule has 21 heavy (non-hydrogen) atoms. The monoisotopic (exact) mass is 330 g/mol. The van der Waals surface area contributed by atoms with Crippen LogP contribution in [-0.2, 0) is 10.0 Å². The summed E-state index contributed by atoms with van der Waals surface area (Å²) in [6.07, 6.45) is 6.56. The number of sulfonamides is 1. The minimum absolute atomic E-state index is 0.134. The summed E-state index contributed by atoms with van der Waals surface area (Å²) >= 11 is 6.00. The van der Waals surface area contributed by atoms with Gasteiger partial charge in [0.25, 0.3) is 0 Å². The number of anilines is 1.